The number of hydrogen-bond donors (Lipinski definition) is 2. The molecule has 2 heterocycles. The van der Waals surface area contributed by atoms with Gasteiger partial charge in [0.2, 0.25) is 0 Å². The number of carbonyl (C=O) groups excluding carboxylic acids is 2. The van der Waals surface area contributed by atoms with Crippen LogP contribution in [0.3, 0.4) is 0 Å². The summed E-state index contributed by atoms with van der Waals surface area (Å²) < 4.78 is 92.1. The van der Waals surface area contributed by atoms with Crippen LogP contribution in [0.15, 0.2) is 30.5 Å². The molecule has 1 fully saturated rings. The van der Waals surface area contributed by atoms with Gasteiger partial charge in [-0.25, -0.2) is 4.39 Å². The topological polar surface area (TPSA) is 104 Å². The van der Waals surface area contributed by atoms with Crippen LogP contribution in [-0.2, 0) is 9.53 Å². The second kappa shape index (κ2) is 9.36. The lowest BCUT2D eigenvalue weighted by Crippen LogP contribution is -2.47. The fraction of sp³-hybridized carbons (Fsp3) is 0.409. The molecule has 1 aromatic carbocycles. The SMILES string of the molecule is Cc1c(F)ccc([C@H]2[C@@H](C(=O)Nc3ccnc(C(N)=O)c3)O[C@@](C)(C(F)(F)F)[C@H]2C)c1OC(F)F. The first kappa shape index (κ1) is 26.3. The van der Waals surface area contributed by atoms with E-state index in [-0.39, 0.29) is 22.5 Å². The molecule has 0 bridgehead atoms. The fourth-order valence-corrected chi connectivity index (χ4v) is 4.08. The second-order valence-electron chi connectivity index (χ2n) is 8.21. The summed E-state index contributed by atoms with van der Waals surface area (Å²) in [5.41, 5.74) is 1.43. The molecule has 13 heteroatoms. The van der Waals surface area contributed by atoms with Crippen LogP contribution in [0.4, 0.5) is 32.0 Å². The van der Waals surface area contributed by atoms with Crippen LogP contribution in [0.5, 0.6) is 5.75 Å². The van der Waals surface area contributed by atoms with Gasteiger partial charge in [-0.15, -0.1) is 0 Å². The molecule has 0 spiro atoms. The van der Waals surface area contributed by atoms with Crippen molar-refractivity contribution in [1.29, 1.82) is 0 Å². The lowest BCUT2D eigenvalue weighted by molar-refractivity contribution is -0.272. The molecular formula is C22H21F6N3O4. The van der Waals surface area contributed by atoms with Crippen LogP contribution in [0, 0.1) is 18.7 Å². The minimum atomic E-state index is -4.95. The molecule has 190 valence electrons. The highest BCUT2D eigenvalue weighted by Crippen LogP contribution is 2.55. The molecule has 1 aliphatic rings. The highest BCUT2D eigenvalue weighted by molar-refractivity contribution is 5.97. The van der Waals surface area contributed by atoms with Crippen molar-refractivity contribution in [2.75, 3.05) is 5.32 Å². The highest BCUT2D eigenvalue weighted by Gasteiger charge is 2.65. The number of pyridine rings is 1. The first-order valence-corrected chi connectivity index (χ1v) is 10.2. The van der Waals surface area contributed by atoms with Gasteiger partial charge in [-0.1, -0.05) is 13.0 Å². The van der Waals surface area contributed by atoms with Gasteiger partial charge in [0.05, 0.1) is 0 Å². The molecule has 0 saturated carbocycles. The molecule has 3 N–H and O–H groups in total. The van der Waals surface area contributed by atoms with Crippen LogP contribution in [-0.4, -0.2) is 41.3 Å². The van der Waals surface area contributed by atoms with Crippen LogP contribution >= 0.6 is 0 Å². The van der Waals surface area contributed by atoms with Gasteiger partial charge in [0.25, 0.3) is 11.8 Å². The fourth-order valence-electron chi connectivity index (χ4n) is 4.08. The van der Waals surface area contributed by atoms with E-state index in [9.17, 15) is 35.9 Å². The molecule has 2 aromatic rings. The van der Waals surface area contributed by atoms with Crippen molar-refractivity contribution in [2.45, 2.75) is 51.2 Å². The summed E-state index contributed by atoms with van der Waals surface area (Å²) in [7, 11) is 0. The number of amides is 2. The first-order valence-electron chi connectivity index (χ1n) is 10.2. The second-order valence-corrected chi connectivity index (χ2v) is 8.21. The zero-order valence-corrected chi connectivity index (χ0v) is 18.6. The molecular weight excluding hydrogens is 484 g/mol. The van der Waals surface area contributed by atoms with Crippen molar-refractivity contribution in [2.24, 2.45) is 11.7 Å². The lowest BCUT2D eigenvalue weighted by Gasteiger charge is -2.32. The number of ether oxygens (including phenoxy) is 2. The van der Waals surface area contributed by atoms with E-state index >= 15 is 0 Å². The molecule has 4 atom stereocenters. The monoisotopic (exact) mass is 505 g/mol. The Kier molecular flexibility index (Phi) is 7.02. The Morgan fingerprint density at radius 2 is 1.91 bits per heavy atom. The number of carbonyl (C=O) groups is 2. The molecule has 3 rings (SSSR count). The Labute approximate surface area is 195 Å². The summed E-state index contributed by atoms with van der Waals surface area (Å²) in [6, 6.07) is 4.23. The summed E-state index contributed by atoms with van der Waals surface area (Å²) >= 11 is 0. The van der Waals surface area contributed by atoms with Crippen molar-refractivity contribution >= 4 is 17.5 Å². The maximum atomic E-state index is 14.1. The van der Waals surface area contributed by atoms with E-state index in [1.807, 2.05) is 0 Å². The van der Waals surface area contributed by atoms with Gasteiger partial charge >= 0.3 is 12.8 Å². The van der Waals surface area contributed by atoms with Crippen molar-refractivity contribution < 1.29 is 45.4 Å². The van der Waals surface area contributed by atoms with Gasteiger partial charge in [0.1, 0.15) is 23.4 Å². The molecule has 1 aliphatic heterocycles. The number of primary amides is 1. The number of halogens is 6. The predicted molar refractivity (Wildman–Crippen MR) is 110 cm³/mol. The number of nitrogens with two attached hydrogens (primary N) is 1. The number of hydrogen-bond acceptors (Lipinski definition) is 5. The Balaban J connectivity index is 2.10. The summed E-state index contributed by atoms with van der Waals surface area (Å²) in [6.45, 7) is -0.401. The first-order chi connectivity index (χ1) is 16.2. The summed E-state index contributed by atoms with van der Waals surface area (Å²) in [4.78, 5) is 28.2. The van der Waals surface area contributed by atoms with Crippen molar-refractivity contribution in [3.05, 3.63) is 53.1 Å². The number of nitrogens with zero attached hydrogens (tertiary/aromatic N) is 1. The van der Waals surface area contributed by atoms with E-state index < -0.39 is 59.7 Å². The van der Waals surface area contributed by atoms with Crippen molar-refractivity contribution in [3.63, 3.8) is 0 Å². The molecule has 7 nitrogen and oxygen atoms in total. The number of rotatable bonds is 6. The Hall–Kier alpha value is -3.35. The molecule has 0 aliphatic carbocycles. The third-order valence-electron chi connectivity index (χ3n) is 6.14. The van der Waals surface area contributed by atoms with Crippen molar-refractivity contribution in [1.82, 2.24) is 4.98 Å². The molecule has 0 radical (unpaired) electrons. The lowest BCUT2D eigenvalue weighted by atomic mass is 9.76. The number of benzene rings is 1. The van der Waals surface area contributed by atoms with Crippen LogP contribution in [0.2, 0.25) is 0 Å². The summed E-state index contributed by atoms with van der Waals surface area (Å²) in [5.74, 6) is -6.53. The molecule has 1 saturated heterocycles. The number of aromatic nitrogens is 1. The number of anilines is 1. The van der Waals surface area contributed by atoms with Crippen LogP contribution in [0.25, 0.3) is 0 Å². The van der Waals surface area contributed by atoms with Crippen LogP contribution in [0.1, 0.15) is 41.4 Å². The molecule has 0 unspecified atom stereocenters. The average Bonchev–Trinajstić information content (AvgIpc) is 3.04. The standard InChI is InChI=1S/C22H21F6N3O4/c1-9-13(23)5-4-12(16(9)34-20(24)25)15-10(2)21(3,22(26,27)28)35-17(15)19(33)31-11-6-7-30-14(8-11)18(29)32/h4-8,10,15,17,20H,1-3H3,(H2,29,32)(H,30,31,33)/t10-,15-,17-,21+/m0/s1. The Morgan fingerprint density at radius 1 is 1.26 bits per heavy atom. The van der Waals surface area contributed by atoms with Gasteiger partial charge in [-0.3, -0.25) is 14.6 Å². The molecule has 35 heavy (non-hydrogen) atoms. The normalized spacial score (nSPS) is 24.5. The predicted octanol–water partition coefficient (Wildman–Crippen LogP) is 4.31. The van der Waals surface area contributed by atoms with Gasteiger partial charge in [0.15, 0.2) is 5.60 Å². The Morgan fingerprint density at radius 3 is 2.49 bits per heavy atom. The van der Waals surface area contributed by atoms with Gasteiger partial charge in [-0.2, -0.15) is 22.0 Å². The van der Waals surface area contributed by atoms with E-state index in [1.54, 1.807) is 0 Å². The van der Waals surface area contributed by atoms with E-state index in [4.69, 9.17) is 10.5 Å². The molecule has 1 aromatic heterocycles. The largest absolute Gasteiger partial charge is 0.434 e. The van der Waals surface area contributed by atoms with E-state index in [0.717, 1.165) is 45.2 Å². The zero-order valence-electron chi connectivity index (χ0n) is 18.6. The number of alkyl halides is 5. The smallest absolute Gasteiger partial charge is 0.417 e. The van der Waals surface area contributed by atoms with Crippen molar-refractivity contribution in [3.8, 4) is 5.75 Å². The molecule has 2 amide bonds. The zero-order chi connectivity index (χ0) is 26.3. The third-order valence-corrected chi connectivity index (χ3v) is 6.14. The minimum Gasteiger partial charge on any atom is -0.434 e. The summed E-state index contributed by atoms with van der Waals surface area (Å²) in [6.07, 6.45) is -5.66. The Bertz CT molecular complexity index is 1140. The maximum absolute atomic E-state index is 14.1. The summed E-state index contributed by atoms with van der Waals surface area (Å²) in [5, 5.41) is 2.33. The van der Waals surface area contributed by atoms with Gasteiger partial charge in [0, 0.05) is 34.8 Å². The third kappa shape index (κ3) is 4.90. The quantitative estimate of drug-likeness (QED) is 0.570. The average molecular weight is 505 g/mol. The van der Waals surface area contributed by atoms with E-state index in [0.29, 0.717) is 0 Å². The van der Waals surface area contributed by atoms with Gasteiger partial charge < -0.3 is 20.5 Å². The minimum absolute atomic E-state index is 0.0197. The maximum Gasteiger partial charge on any atom is 0.417 e. The van der Waals surface area contributed by atoms with Gasteiger partial charge in [-0.05, 0) is 32.0 Å². The number of nitrogens with one attached hydrogen (secondary N) is 1. The highest BCUT2D eigenvalue weighted by atomic mass is 19.4. The van der Waals surface area contributed by atoms with E-state index in [1.165, 1.54) is 6.07 Å². The van der Waals surface area contributed by atoms with E-state index in [2.05, 4.69) is 15.0 Å². The van der Waals surface area contributed by atoms with Crippen LogP contribution < -0.4 is 15.8 Å².